The molecule has 0 amide bonds. The van der Waals surface area contributed by atoms with Crippen LogP contribution in [0.2, 0.25) is 0 Å². The molecule has 0 aliphatic rings. The highest BCUT2D eigenvalue weighted by atomic mass is 35.5. The summed E-state index contributed by atoms with van der Waals surface area (Å²) in [4.78, 5) is 1.92. The van der Waals surface area contributed by atoms with Gasteiger partial charge in [0.15, 0.2) is 0 Å². The standard InChI is InChI=1S/C24H51N.2ClH.H3N/c1-4-7-10-13-16-19-22-25(23-20-17-14-11-8-5-2)24-21-18-15-12-9-6-3;;;/h4-24H2,1-3H3;2*1H;1H3. The van der Waals surface area contributed by atoms with E-state index in [-0.39, 0.29) is 31.0 Å². The average molecular weight is 444 g/mol. The van der Waals surface area contributed by atoms with Gasteiger partial charge in [-0.25, -0.2) is 0 Å². The fraction of sp³-hybridized carbons (Fsp3) is 1.00. The largest absolute Gasteiger partial charge is 1.00 e. The number of quaternary nitrogens is 2. The number of nitrogens with one attached hydrogen (secondary N) is 1. The van der Waals surface area contributed by atoms with Crippen molar-refractivity contribution in [1.29, 1.82) is 0 Å². The van der Waals surface area contributed by atoms with Crippen LogP contribution in [-0.4, -0.2) is 19.6 Å². The fourth-order valence-corrected chi connectivity index (χ4v) is 3.84. The molecule has 0 aliphatic heterocycles. The van der Waals surface area contributed by atoms with Gasteiger partial charge in [0, 0.05) is 0 Å². The van der Waals surface area contributed by atoms with E-state index in [1.54, 1.807) is 0 Å². The van der Waals surface area contributed by atoms with Crippen LogP contribution in [0.1, 0.15) is 136 Å². The van der Waals surface area contributed by atoms with E-state index >= 15 is 0 Å². The molecule has 0 rings (SSSR count). The molecule has 0 saturated carbocycles. The maximum Gasteiger partial charge on any atom is 0.0770 e. The minimum Gasteiger partial charge on any atom is -1.00 e. The monoisotopic (exact) mass is 442 g/mol. The van der Waals surface area contributed by atoms with Gasteiger partial charge in [0.1, 0.15) is 0 Å². The van der Waals surface area contributed by atoms with Crippen LogP contribution >= 0.6 is 0 Å². The summed E-state index contributed by atoms with van der Waals surface area (Å²) >= 11 is 0. The minimum absolute atomic E-state index is 0. The molecule has 0 saturated heterocycles. The van der Waals surface area contributed by atoms with Crippen LogP contribution in [-0.2, 0) is 0 Å². The number of rotatable bonds is 21. The van der Waals surface area contributed by atoms with Crippen molar-refractivity contribution in [2.45, 2.75) is 136 Å². The first kappa shape index (κ1) is 35.9. The Morgan fingerprint density at radius 2 is 0.571 bits per heavy atom. The van der Waals surface area contributed by atoms with Gasteiger partial charge in [-0.3, -0.25) is 0 Å². The van der Waals surface area contributed by atoms with Crippen molar-refractivity contribution >= 4 is 0 Å². The third-order valence-corrected chi connectivity index (χ3v) is 5.65. The maximum atomic E-state index is 2.31. The van der Waals surface area contributed by atoms with Crippen molar-refractivity contribution < 1.29 is 29.7 Å². The third-order valence-electron chi connectivity index (χ3n) is 5.65. The molecule has 0 aromatic carbocycles. The highest BCUT2D eigenvalue weighted by Crippen LogP contribution is 2.06. The number of hydrogen-bond acceptors (Lipinski definition) is 0. The van der Waals surface area contributed by atoms with E-state index in [0.717, 1.165) is 0 Å². The molecule has 0 aromatic heterocycles. The van der Waals surface area contributed by atoms with Crippen molar-refractivity contribution in [3.63, 3.8) is 0 Å². The molecule has 0 radical (unpaired) electrons. The third kappa shape index (κ3) is 28.7. The van der Waals surface area contributed by atoms with Gasteiger partial charge in [-0.05, 0) is 38.5 Å². The molecule has 0 atom stereocenters. The highest BCUT2D eigenvalue weighted by molar-refractivity contribution is 4.47. The van der Waals surface area contributed by atoms with E-state index in [9.17, 15) is 0 Å². The molecule has 5 N–H and O–H groups in total. The SMILES string of the molecule is CCCCCCCC[NH+](CCCCCCCC)CCCCCCCC.[Cl-].[Cl-].[NH4+]. The summed E-state index contributed by atoms with van der Waals surface area (Å²) in [6.07, 6.45) is 26.0. The van der Waals surface area contributed by atoms with Gasteiger partial charge >= 0.3 is 0 Å². The minimum atomic E-state index is 0. The Morgan fingerprint density at radius 3 is 0.821 bits per heavy atom. The molecular formula is C24H56Cl2N2. The molecule has 0 unspecified atom stereocenters. The van der Waals surface area contributed by atoms with Crippen LogP contribution in [0.25, 0.3) is 0 Å². The van der Waals surface area contributed by atoms with Gasteiger partial charge < -0.3 is 35.9 Å². The number of hydrogen-bond donors (Lipinski definition) is 2. The Labute approximate surface area is 191 Å². The summed E-state index contributed by atoms with van der Waals surface area (Å²) < 4.78 is 0. The van der Waals surface area contributed by atoms with Crippen molar-refractivity contribution in [3.05, 3.63) is 0 Å². The first-order valence-electron chi connectivity index (χ1n) is 12.2. The van der Waals surface area contributed by atoms with Crippen LogP contribution in [0.5, 0.6) is 0 Å². The predicted octanol–water partition coefficient (Wildman–Crippen LogP) is 1.34. The van der Waals surface area contributed by atoms with E-state index in [1.165, 1.54) is 135 Å². The van der Waals surface area contributed by atoms with Gasteiger partial charge in [-0.1, -0.05) is 97.8 Å². The van der Waals surface area contributed by atoms with E-state index in [1.807, 2.05) is 4.90 Å². The lowest BCUT2D eigenvalue weighted by Gasteiger charge is -2.19. The molecule has 0 fully saturated rings. The Balaban J connectivity index is -0.000000960. The Morgan fingerprint density at radius 1 is 0.357 bits per heavy atom. The zero-order valence-electron chi connectivity index (χ0n) is 20.1. The smallest absolute Gasteiger partial charge is 0.0770 e. The molecule has 28 heavy (non-hydrogen) atoms. The summed E-state index contributed by atoms with van der Waals surface area (Å²) in [6, 6.07) is 0. The summed E-state index contributed by atoms with van der Waals surface area (Å²) in [7, 11) is 0. The Bertz CT molecular complexity index is 203. The highest BCUT2D eigenvalue weighted by Gasteiger charge is 2.08. The molecule has 0 bridgehead atoms. The van der Waals surface area contributed by atoms with Crippen molar-refractivity contribution in [2.75, 3.05) is 19.6 Å². The summed E-state index contributed by atoms with van der Waals surface area (Å²) in [6.45, 7) is 11.3. The van der Waals surface area contributed by atoms with E-state index < -0.39 is 0 Å². The summed E-state index contributed by atoms with van der Waals surface area (Å²) in [5.74, 6) is 0. The molecule has 0 spiro atoms. The quantitative estimate of drug-likeness (QED) is 0.252. The second-order valence-electron chi connectivity index (χ2n) is 8.30. The van der Waals surface area contributed by atoms with Crippen molar-refractivity contribution in [1.82, 2.24) is 6.15 Å². The molecule has 0 aliphatic carbocycles. The van der Waals surface area contributed by atoms with Crippen molar-refractivity contribution in [3.8, 4) is 0 Å². The zero-order chi connectivity index (χ0) is 18.4. The zero-order valence-corrected chi connectivity index (χ0v) is 21.6. The Kier molecular flexibility index (Phi) is 41.3. The second-order valence-corrected chi connectivity index (χ2v) is 8.30. The number of unbranched alkanes of at least 4 members (excludes halogenated alkanes) is 15. The number of halogens is 2. The predicted molar refractivity (Wildman–Crippen MR) is 122 cm³/mol. The van der Waals surface area contributed by atoms with Gasteiger partial charge in [0.2, 0.25) is 0 Å². The van der Waals surface area contributed by atoms with Gasteiger partial charge in [-0.2, -0.15) is 0 Å². The van der Waals surface area contributed by atoms with Gasteiger partial charge in [-0.15, -0.1) is 0 Å². The van der Waals surface area contributed by atoms with Gasteiger partial charge in [0.25, 0.3) is 0 Å². The van der Waals surface area contributed by atoms with Gasteiger partial charge in [0.05, 0.1) is 19.6 Å². The summed E-state index contributed by atoms with van der Waals surface area (Å²) in [5, 5.41) is 0. The molecule has 2 nitrogen and oxygen atoms in total. The molecular weight excluding hydrogens is 387 g/mol. The van der Waals surface area contributed by atoms with E-state index in [2.05, 4.69) is 20.8 Å². The van der Waals surface area contributed by atoms with E-state index in [0.29, 0.717) is 0 Å². The fourth-order valence-electron chi connectivity index (χ4n) is 3.84. The van der Waals surface area contributed by atoms with E-state index in [4.69, 9.17) is 0 Å². The normalized spacial score (nSPS) is 10.3. The maximum absolute atomic E-state index is 2.31. The first-order valence-corrected chi connectivity index (χ1v) is 12.2. The molecule has 4 heteroatoms. The lowest BCUT2D eigenvalue weighted by Crippen LogP contribution is -3.12. The second kappa shape index (κ2) is 32.2. The lowest BCUT2D eigenvalue weighted by molar-refractivity contribution is -0.900. The average Bonchev–Trinajstić information content (AvgIpc) is 2.63. The van der Waals surface area contributed by atoms with Crippen LogP contribution < -0.4 is 35.9 Å². The molecule has 0 heterocycles. The van der Waals surface area contributed by atoms with Crippen LogP contribution in [0.4, 0.5) is 0 Å². The lowest BCUT2D eigenvalue weighted by atomic mass is 10.1. The van der Waals surface area contributed by atoms with Crippen LogP contribution in [0, 0.1) is 0 Å². The van der Waals surface area contributed by atoms with Crippen molar-refractivity contribution in [2.24, 2.45) is 0 Å². The molecule has 0 aromatic rings. The van der Waals surface area contributed by atoms with Crippen LogP contribution in [0.3, 0.4) is 0 Å². The molecule has 176 valence electrons. The topological polar surface area (TPSA) is 40.9 Å². The van der Waals surface area contributed by atoms with Crippen LogP contribution in [0.15, 0.2) is 0 Å². The Hall–Kier alpha value is 0.500. The summed E-state index contributed by atoms with van der Waals surface area (Å²) in [5.41, 5.74) is 0. The first-order chi connectivity index (χ1) is 12.3.